The number of amides is 2. The molecule has 3 aromatic carbocycles. The van der Waals surface area contributed by atoms with E-state index in [0.717, 1.165) is 18.8 Å². The smallest absolute Gasteiger partial charge is 0.257 e. The number of carbonyl (C=O) groups is 2. The lowest BCUT2D eigenvalue weighted by Gasteiger charge is -2.36. The highest BCUT2D eigenvalue weighted by Crippen LogP contribution is 2.26. The molecule has 0 atom stereocenters. The van der Waals surface area contributed by atoms with E-state index in [2.05, 4.69) is 15.2 Å². The Morgan fingerprint density at radius 3 is 2.44 bits per heavy atom. The summed E-state index contributed by atoms with van der Waals surface area (Å²) in [6.45, 7) is 2.71. The number of nitrogens with zero attached hydrogens (tertiary/aromatic N) is 3. The van der Waals surface area contributed by atoms with E-state index >= 15 is 0 Å². The number of fused-ring (bicyclic) bond motifs is 1. The first-order valence-corrected chi connectivity index (χ1v) is 13.1. The Hall–Kier alpha value is -3.20. The minimum Gasteiger partial charge on any atom is -0.431 e. The van der Waals surface area contributed by atoms with E-state index in [1.807, 2.05) is 29.2 Å². The number of benzene rings is 3. The van der Waals surface area contributed by atoms with Crippen LogP contribution >= 0.6 is 35.0 Å². The van der Waals surface area contributed by atoms with Gasteiger partial charge in [-0.25, -0.2) is 4.98 Å². The fraction of sp³-hybridized carbons (Fsp3) is 0.192. The predicted molar refractivity (Wildman–Crippen MR) is 144 cm³/mol. The van der Waals surface area contributed by atoms with Gasteiger partial charge in [0.15, 0.2) is 5.58 Å². The minimum absolute atomic E-state index is 0.00488. The van der Waals surface area contributed by atoms with Crippen LogP contribution in [0.1, 0.15) is 10.4 Å². The summed E-state index contributed by atoms with van der Waals surface area (Å²) >= 11 is 13.2. The molecule has 0 saturated carbocycles. The van der Waals surface area contributed by atoms with Crippen LogP contribution in [-0.2, 0) is 4.79 Å². The van der Waals surface area contributed by atoms with Gasteiger partial charge in [0.2, 0.25) is 5.91 Å². The Bertz CT molecular complexity index is 1400. The van der Waals surface area contributed by atoms with Gasteiger partial charge in [-0.3, -0.25) is 9.59 Å². The molecule has 1 saturated heterocycles. The monoisotopic (exact) mass is 540 g/mol. The highest BCUT2D eigenvalue weighted by atomic mass is 35.5. The van der Waals surface area contributed by atoms with E-state index in [1.165, 1.54) is 11.8 Å². The maximum Gasteiger partial charge on any atom is 0.257 e. The molecule has 1 fully saturated rings. The van der Waals surface area contributed by atoms with Crippen molar-refractivity contribution in [3.05, 3.63) is 82.3 Å². The van der Waals surface area contributed by atoms with Crippen molar-refractivity contribution in [2.75, 3.05) is 42.1 Å². The summed E-state index contributed by atoms with van der Waals surface area (Å²) in [5.41, 5.74) is 3.66. The molecule has 1 N–H and O–H groups in total. The van der Waals surface area contributed by atoms with Crippen molar-refractivity contribution < 1.29 is 14.0 Å². The lowest BCUT2D eigenvalue weighted by molar-refractivity contribution is -0.113. The summed E-state index contributed by atoms with van der Waals surface area (Å²) in [7, 11) is 0. The van der Waals surface area contributed by atoms with Crippen molar-refractivity contribution in [3.63, 3.8) is 0 Å². The SMILES string of the molecule is O=C(CSc1nc2cc(Cl)ccc2o1)Nc1ccc(N2CCN(C(=O)c3cccc(Cl)c3)CC2)cc1. The standard InChI is InChI=1S/C26H22Cl2N4O3S/c27-18-3-1-2-17(14-18)25(34)32-12-10-31(11-13-32)21-7-5-20(6-8-21)29-24(33)16-36-26-30-22-15-19(28)4-9-23(22)35-26/h1-9,14-15H,10-13,16H2,(H,29,33). The van der Waals surface area contributed by atoms with Crippen LogP contribution in [0.2, 0.25) is 10.0 Å². The topological polar surface area (TPSA) is 78.7 Å². The zero-order valence-electron chi connectivity index (χ0n) is 19.1. The molecule has 7 nitrogen and oxygen atoms in total. The first-order valence-electron chi connectivity index (χ1n) is 11.3. The molecule has 0 radical (unpaired) electrons. The van der Waals surface area contributed by atoms with Gasteiger partial charge in [-0.15, -0.1) is 0 Å². The van der Waals surface area contributed by atoms with Crippen LogP contribution in [0.25, 0.3) is 11.1 Å². The number of rotatable bonds is 6. The Balaban J connectivity index is 1.11. The average molecular weight is 541 g/mol. The van der Waals surface area contributed by atoms with Crippen LogP contribution in [0, 0.1) is 0 Å². The van der Waals surface area contributed by atoms with Crippen molar-refractivity contribution in [2.24, 2.45) is 0 Å². The Labute approximate surface area is 222 Å². The number of oxazole rings is 1. The van der Waals surface area contributed by atoms with Gasteiger partial charge >= 0.3 is 0 Å². The van der Waals surface area contributed by atoms with Gasteiger partial charge in [0.1, 0.15) is 5.52 Å². The van der Waals surface area contributed by atoms with Crippen molar-refractivity contribution in [2.45, 2.75) is 5.22 Å². The maximum absolute atomic E-state index is 12.7. The van der Waals surface area contributed by atoms with E-state index in [0.29, 0.717) is 50.7 Å². The molecule has 184 valence electrons. The van der Waals surface area contributed by atoms with E-state index in [1.54, 1.807) is 42.5 Å². The summed E-state index contributed by atoms with van der Waals surface area (Å²) in [6, 6.07) is 20.0. The number of halogens is 2. The van der Waals surface area contributed by atoms with E-state index in [9.17, 15) is 9.59 Å². The van der Waals surface area contributed by atoms with E-state index in [-0.39, 0.29) is 17.6 Å². The van der Waals surface area contributed by atoms with E-state index < -0.39 is 0 Å². The summed E-state index contributed by atoms with van der Waals surface area (Å²) < 4.78 is 5.64. The van der Waals surface area contributed by atoms with Gasteiger partial charge in [-0.1, -0.05) is 41.0 Å². The molecular weight excluding hydrogens is 519 g/mol. The molecule has 1 aliphatic heterocycles. The van der Waals surface area contributed by atoms with Gasteiger partial charge < -0.3 is 19.5 Å². The molecule has 0 unspecified atom stereocenters. The maximum atomic E-state index is 12.7. The van der Waals surface area contributed by atoms with Crippen molar-refractivity contribution >= 4 is 69.3 Å². The summed E-state index contributed by atoms with van der Waals surface area (Å²) in [5.74, 6) is 0.0150. The van der Waals surface area contributed by atoms with Crippen LogP contribution in [0.15, 0.2) is 76.4 Å². The molecule has 0 bridgehead atoms. The Kier molecular flexibility index (Phi) is 7.36. The fourth-order valence-electron chi connectivity index (χ4n) is 3.99. The third kappa shape index (κ3) is 5.78. The second kappa shape index (κ2) is 10.8. The van der Waals surface area contributed by atoms with Crippen molar-refractivity contribution in [3.8, 4) is 0 Å². The number of carbonyl (C=O) groups excluding carboxylic acids is 2. The number of aromatic nitrogens is 1. The highest BCUT2D eigenvalue weighted by Gasteiger charge is 2.22. The quantitative estimate of drug-likeness (QED) is 0.310. The molecule has 36 heavy (non-hydrogen) atoms. The number of hydrogen-bond acceptors (Lipinski definition) is 6. The van der Waals surface area contributed by atoms with Crippen LogP contribution in [0.3, 0.4) is 0 Å². The van der Waals surface area contributed by atoms with Crippen molar-refractivity contribution in [1.82, 2.24) is 9.88 Å². The predicted octanol–water partition coefficient (Wildman–Crippen LogP) is 5.83. The largest absolute Gasteiger partial charge is 0.431 e. The molecule has 0 aliphatic carbocycles. The molecule has 1 aromatic heterocycles. The molecule has 0 spiro atoms. The van der Waals surface area contributed by atoms with Gasteiger partial charge in [0.25, 0.3) is 11.1 Å². The second-order valence-electron chi connectivity index (χ2n) is 8.27. The van der Waals surface area contributed by atoms with Gasteiger partial charge in [0.05, 0.1) is 5.75 Å². The lowest BCUT2D eigenvalue weighted by Crippen LogP contribution is -2.48. The molecular formula is C26H22Cl2N4O3S. The third-order valence-electron chi connectivity index (χ3n) is 5.81. The Morgan fingerprint density at radius 1 is 0.944 bits per heavy atom. The van der Waals surface area contributed by atoms with Gasteiger partial charge in [-0.2, -0.15) is 0 Å². The van der Waals surface area contributed by atoms with Crippen LogP contribution in [-0.4, -0.2) is 53.6 Å². The summed E-state index contributed by atoms with van der Waals surface area (Å²) in [6.07, 6.45) is 0. The first-order chi connectivity index (χ1) is 17.4. The van der Waals surface area contributed by atoms with Gasteiger partial charge in [-0.05, 0) is 60.7 Å². The molecule has 2 amide bonds. The van der Waals surface area contributed by atoms with E-state index in [4.69, 9.17) is 27.6 Å². The van der Waals surface area contributed by atoms with Crippen LogP contribution in [0.5, 0.6) is 0 Å². The number of piperazine rings is 1. The highest BCUT2D eigenvalue weighted by molar-refractivity contribution is 7.99. The lowest BCUT2D eigenvalue weighted by atomic mass is 10.1. The second-order valence-corrected chi connectivity index (χ2v) is 10.1. The third-order valence-corrected chi connectivity index (χ3v) is 7.11. The number of nitrogens with one attached hydrogen (secondary N) is 1. The fourth-order valence-corrected chi connectivity index (χ4v) is 4.99. The Morgan fingerprint density at radius 2 is 1.69 bits per heavy atom. The molecule has 10 heteroatoms. The van der Waals surface area contributed by atoms with Crippen LogP contribution < -0.4 is 10.2 Å². The zero-order chi connectivity index (χ0) is 25.1. The molecule has 5 rings (SSSR count). The van der Waals surface area contributed by atoms with Crippen molar-refractivity contribution in [1.29, 1.82) is 0 Å². The number of thioether (sulfide) groups is 1. The number of hydrogen-bond donors (Lipinski definition) is 1. The zero-order valence-corrected chi connectivity index (χ0v) is 21.4. The molecule has 4 aromatic rings. The summed E-state index contributed by atoms with van der Waals surface area (Å²) in [5, 5.41) is 4.46. The average Bonchev–Trinajstić information content (AvgIpc) is 3.30. The minimum atomic E-state index is -0.152. The summed E-state index contributed by atoms with van der Waals surface area (Å²) in [4.78, 5) is 33.6. The van der Waals surface area contributed by atoms with Gasteiger partial charge in [0, 0.05) is 53.2 Å². The molecule has 1 aliphatic rings. The normalized spacial score (nSPS) is 13.7. The number of anilines is 2. The molecule has 2 heterocycles. The first kappa shape index (κ1) is 24.5. The van der Waals surface area contributed by atoms with Crippen LogP contribution in [0.4, 0.5) is 11.4 Å².